The molecule has 12 heteroatoms. The average molecular weight is 568 g/mol. The molecule has 3 aliphatic rings. The Kier molecular flexibility index (Phi) is 6.11. The molecule has 0 bridgehead atoms. The number of fused-ring (bicyclic) bond motifs is 3. The molecular formula is C29H25F4N5O3. The summed E-state index contributed by atoms with van der Waals surface area (Å²) >= 11 is 0. The lowest BCUT2D eigenvalue weighted by Gasteiger charge is -2.35. The van der Waals surface area contributed by atoms with Gasteiger partial charge in [-0.3, -0.25) is 9.20 Å². The SMILES string of the molecule is O=C1c2ncn3c(NCc4c(F)ccc5c4CCO5)ncc(c23)-c2ccc(C(F)(F)F)cc2CN1C1CCOCC1. The first-order chi connectivity index (χ1) is 19.8. The molecule has 1 amide bonds. The first-order valence-electron chi connectivity index (χ1n) is 13.4. The van der Waals surface area contributed by atoms with Crippen molar-refractivity contribution in [1.82, 2.24) is 19.3 Å². The Balaban J connectivity index is 1.35. The van der Waals surface area contributed by atoms with Crippen molar-refractivity contribution in [2.45, 2.75) is 44.6 Å². The number of amides is 1. The van der Waals surface area contributed by atoms with Crippen molar-refractivity contribution in [2.24, 2.45) is 0 Å². The van der Waals surface area contributed by atoms with E-state index in [1.165, 1.54) is 24.7 Å². The number of carbonyl (C=O) groups is 1. The zero-order valence-corrected chi connectivity index (χ0v) is 21.8. The summed E-state index contributed by atoms with van der Waals surface area (Å²) in [7, 11) is 0. The van der Waals surface area contributed by atoms with Crippen molar-refractivity contribution in [3.05, 3.63) is 76.6 Å². The van der Waals surface area contributed by atoms with Gasteiger partial charge in [-0.25, -0.2) is 14.4 Å². The molecule has 0 saturated carbocycles. The largest absolute Gasteiger partial charge is 0.493 e. The minimum Gasteiger partial charge on any atom is -0.493 e. The van der Waals surface area contributed by atoms with Crippen LogP contribution in [-0.2, 0) is 30.4 Å². The maximum Gasteiger partial charge on any atom is 0.416 e. The van der Waals surface area contributed by atoms with Crippen LogP contribution in [0.15, 0.2) is 42.9 Å². The van der Waals surface area contributed by atoms with Gasteiger partial charge in [0.2, 0.25) is 5.95 Å². The molecule has 212 valence electrons. The standard InChI is InChI=1S/C29H25F4N5O3/c30-23-3-4-24-20(7-10-41-24)21(23)12-34-28-35-13-22-19-2-1-17(29(31,32)33)11-16(19)14-37(18-5-8-40-9-6-18)27(39)25-26(22)38(28)15-36-25/h1-4,11,13,15,18H,5-10,12,14H2,(H,34,35). The summed E-state index contributed by atoms with van der Waals surface area (Å²) in [6, 6.07) is 6.36. The van der Waals surface area contributed by atoms with Crippen LogP contribution in [0.5, 0.6) is 5.75 Å². The number of carbonyl (C=O) groups excluding carboxylic acids is 1. The molecule has 0 spiro atoms. The van der Waals surface area contributed by atoms with Crippen LogP contribution in [0.1, 0.15) is 45.6 Å². The fraction of sp³-hybridized carbons (Fsp3) is 0.345. The van der Waals surface area contributed by atoms with Crippen LogP contribution >= 0.6 is 0 Å². The molecule has 2 aromatic heterocycles. The van der Waals surface area contributed by atoms with Crippen LogP contribution in [0.2, 0.25) is 0 Å². The van der Waals surface area contributed by atoms with Crippen LogP contribution in [0, 0.1) is 5.82 Å². The quantitative estimate of drug-likeness (QED) is 0.340. The molecule has 3 aliphatic heterocycles. The Morgan fingerprint density at radius 3 is 2.68 bits per heavy atom. The summed E-state index contributed by atoms with van der Waals surface area (Å²) in [5.74, 6) is 0.229. The molecule has 8 nitrogen and oxygen atoms in total. The van der Waals surface area contributed by atoms with E-state index >= 15 is 0 Å². The number of anilines is 1. The Morgan fingerprint density at radius 2 is 1.88 bits per heavy atom. The second kappa shape index (κ2) is 9.72. The molecule has 7 rings (SSSR count). The number of benzene rings is 2. The van der Waals surface area contributed by atoms with Gasteiger partial charge >= 0.3 is 6.18 Å². The molecule has 1 N–H and O–H groups in total. The fourth-order valence-corrected chi connectivity index (χ4v) is 6.02. The van der Waals surface area contributed by atoms with E-state index in [1.807, 2.05) is 0 Å². The molecule has 0 unspecified atom stereocenters. The van der Waals surface area contributed by atoms with Crippen molar-refractivity contribution in [3.63, 3.8) is 0 Å². The minimum atomic E-state index is -4.54. The van der Waals surface area contributed by atoms with Crippen LogP contribution in [0.3, 0.4) is 0 Å². The Hall–Kier alpha value is -4.19. The Morgan fingerprint density at radius 1 is 1.05 bits per heavy atom. The highest BCUT2D eigenvalue weighted by Crippen LogP contribution is 2.39. The number of alkyl halides is 3. The first kappa shape index (κ1) is 25.8. The monoisotopic (exact) mass is 567 g/mol. The number of imidazole rings is 1. The molecule has 1 fully saturated rings. The van der Waals surface area contributed by atoms with Crippen molar-refractivity contribution < 1.29 is 31.8 Å². The molecular weight excluding hydrogens is 542 g/mol. The van der Waals surface area contributed by atoms with E-state index in [4.69, 9.17) is 9.47 Å². The second-order valence-corrected chi connectivity index (χ2v) is 10.4. The minimum absolute atomic E-state index is 0.00167. The molecule has 4 aromatic rings. The summed E-state index contributed by atoms with van der Waals surface area (Å²) in [5, 5.41) is 3.17. The number of aromatic nitrogens is 3. The Labute approximate surface area is 231 Å². The van der Waals surface area contributed by atoms with Gasteiger partial charge in [-0.05, 0) is 48.2 Å². The molecule has 5 heterocycles. The summed E-state index contributed by atoms with van der Waals surface area (Å²) in [6.07, 6.45) is 0.197. The van der Waals surface area contributed by atoms with Crippen LogP contribution in [0.25, 0.3) is 16.6 Å². The third-order valence-corrected chi connectivity index (χ3v) is 8.09. The van der Waals surface area contributed by atoms with Crippen molar-refractivity contribution >= 4 is 17.4 Å². The number of ether oxygens (including phenoxy) is 2. The normalized spacial score (nSPS) is 17.2. The van der Waals surface area contributed by atoms with Crippen molar-refractivity contribution in [2.75, 3.05) is 25.1 Å². The number of halogens is 4. The van der Waals surface area contributed by atoms with Crippen LogP contribution < -0.4 is 10.1 Å². The molecule has 1 saturated heterocycles. The van der Waals surface area contributed by atoms with Gasteiger partial charge in [-0.1, -0.05) is 6.07 Å². The number of hydrogen-bond donors (Lipinski definition) is 1. The van der Waals surface area contributed by atoms with Gasteiger partial charge in [0.1, 0.15) is 17.9 Å². The summed E-state index contributed by atoms with van der Waals surface area (Å²) in [5.41, 5.74) is 2.49. The second-order valence-electron chi connectivity index (χ2n) is 10.4. The summed E-state index contributed by atoms with van der Waals surface area (Å²) < 4.78 is 68.5. The van der Waals surface area contributed by atoms with E-state index in [2.05, 4.69) is 15.3 Å². The van der Waals surface area contributed by atoms with Gasteiger partial charge in [0.05, 0.1) is 17.7 Å². The third kappa shape index (κ3) is 4.37. The summed E-state index contributed by atoms with van der Waals surface area (Å²) in [6.45, 7) is 1.52. The fourth-order valence-electron chi connectivity index (χ4n) is 6.02. The predicted octanol–water partition coefficient (Wildman–Crippen LogP) is 5.24. The van der Waals surface area contributed by atoms with Gasteiger partial charge in [0.25, 0.3) is 5.91 Å². The maximum absolute atomic E-state index is 14.8. The molecule has 0 aliphatic carbocycles. The Bertz CT molecular complexity index is 1680. The van der Waals surface area contributed by atoms with E-state index < -0.39 is 11.7 Å². The highest BCUT2D eigenvalue weighted by molar-refractivity contribution is 6.04. The summed E-state index contributed by atoms with van der Waals surface area (Å²) in [4.78, 5) is 24.6. The lowest BCUT2D eigenvalue weighted by atomic mass is 9.94. The van der Waals surface area contributed by atoms with Crippen LogP contribution in [-0.4, -0.2) is 51.0 Å². The van der Waals surface area contributed by atoms with Gasteiger partial charge in [-0.15, -0.1) is 0 Å². The predicted molar refractivity (Wildman–Crippen MR) is 140 cm³/mol. The zero-order valence-electron chi connectivity index (χ0n) is 21.8. The van der Waals surface area contributed by atoms with Crippen molar-refractivity contribution in [1.29, 1.82) is 0 Å². The molecule has 2 aromatic carbocycles. The number of hydrogen-bond acceptors (Lipinski definition) is 6. The van der Waals surface area contributed by atoms with Gasteiger partial charge < -0.3 is 19.7 Å². The molecule has 41 heavy (non-hydrogen) atoms. The van der Waals surface area contributed by atoms with E-state index in [-0.39, 0.29) is 36.5 Å². The lowest BCUT2D eigenvalue weighted by molar-refractivity contribution is -0.137. The van der Waals surface area contributed by atoms with Gasteiger partial charge in [0.15, 0.2) is 5.69 Å². The van der Waals surface area contributed by atoms with E-state index in [0.717, 1.165) is 17.7 Å². The average Bonchev–Trinajstić information content (AvgIpc) is 3.62. The molecule has 0 atom stereocenters. The first-order valence-corrected chi connectivity index (χ1v) is 13.4. The van der Waals surface area contributed by atoms with Gasteiger partial charge in [0, 0.05) is 61.7 Å². The number of nitrogens with one attached hydrogen (secondary N) is 1. The van der Waals surface area contributed by atoms with Gasteiger partial charge in [-0.2, -0.15) is 13.2 Å². The number of rotatable bonds is 4. The third-order valence-electron chi connectivity index (χ3n) is 8.09. The highest BCUT2D eigenvalue weighted by Gasteiger charge is 2.36. The topological polar surface area (TPSA) is 81.0 Å². The number of nitrogens with zero attached hydrogens (tertiary/aromatic N) is 4. The van der Waals surface area contributed by atoms with Crippen LogP contribution in [0.4, 0.5) is 23.5 Å². The zero-order chi connectivity index (χ0) is 28.3. The molecule has 0 radical (unpaired) electrons. The van der Waals surface area contributed by atoms with E-state index in [0.29, 0.717) is 78.6 Å². The van der Waals surface area contributed by atoms with E-state index in [1.54, 1.807) is 15.4 Å². The van der Waals surface area contributed by atoms with E-state index in [9.17, 15) is 22.4 Å². The smallest absolute Gasteiger partial charge is 0.416 e. The maximum atomic E-state index is 14.8. The van der Waals surface area contributed by atoms with Crippen molar-refractivity contribution in [3.8, 4) is 16.9 Å². The highest BCUT2D eigenvalue weighted by atomic mass is 19.4. The lowest BCUT2D eigenvalue weighted by Crippen LogP contribution is -2.43.